The summed E-state index contributed by atoms with van der Waals surface area (Å²) in [6, 6.07) is 9.87. The van der Waals surface area contributed by atoms with Gasteiger partial charge in [0.1, 0.15) is 0 Å². The molecule has 0 aliphatic rings. The van der Waals surface area contributed by atoms with E-state index in [1.165, 1.54) is 0 Å². The molecular formula is C12H7MnO5-. The predicted molar refractivity (Wildman–Crippen MR) is 50.5 cm³/mol. The SMILES string of the molecule is [C-]#[O+].[C-]#[O+].[C-]#[O+].[C-]#[O+].[C-]#[O+].[CH2-]c1ccccc1.[Mn]. The van der Waals surface area contributed by atoms with Crippen LogP contribution >= 0.6 is 0 Å². The molecule has 5 nitrogen and oxygen atoms in total. The van der Waals surface area contributed by atoms with Crippen LogP contribution in [-0.4, -0.2) is 0 Å². The quantitative estimate of drug-likeness (QED) is 0.393. The summed E-state index contributed by atoms with van der Waals surface area (Å²) < 4.78 is 37.5. The summed E-state index contributed by atoms with van der Waals surface area (Å²) in [5.41, 5.74) is 1.07. The number of rotatable bonds is 0. The maximum absolute atomic E-state index is 7.50. The van der Waals surface area contributed by atoms with E-state index in [2.05, 4.69) is 40.2 Å². The third-order valence-corrected chi connectivity index (χ3v) is 0.843. The molecule has 1 aromatic rings. The molecule has 0 saturated carbocycles. The zero-order valence-corrected chi connectivity index (χ0v) is 10.2. The molecule has 0 aromatic heterocycles. The van der Waals surface area contributed by atoms with Crippen molar-refractivity contribution in [2.24, 2.45) is 0 Å². The molecule has 0 amide bonds. The number of hydrogen-bond acceptors (Lipinski definition) is 0. The van der Waals surface area contributed by atoms with Gasteiger partial charge in [0.25, 0.3) is 0 Å². The van der Waals surface area contributed by atoms with Crippen molar-refractivity contribution in [2.75, 3.05) is 0 Å². The van der Waals surface area contributed by atoms with Gasteiger partial charge in [-0.25, -0.2) is 0 Å². The summed E-state index contributed by atoms with van der Waals surface area (Å²) in [5, 5.41) is 0. The molecule has 1 aromatic carbocycles. The maximum atomic E-state index is 7.50. The van der Waals surface area contributed by atoms with Crippen LogP contribution in [0, 0.1) is 40.2 Å². The Balaban J connectivity index is -0.0000000285. The van der Waals surface area contributed by atoms with Gasteiger partial charge < -0.3 is 0 Å². The van der Waals surface area contributed by atoms with Crippen LogP contribution in [-0.2, 0) is 40.3 Å². The van der Waals surface area contributed by atoms with Crippen molar-refractivity contribution in [3.8, 4) is 0 Å². The fourth-order valence-corrected chi connectivity index (χ4v) is 0.478. The minimum atomic E-state index is 0. The predicted octanol–water partition coefficient (Wildman–Crippen LogP) is 1.68. The van der Waals surface area contributed by atoms with E-state index in [1.807, 2.05) is 30.3 Å². The van der Waals surface area contributed by atoms with E-state index in [0.29, 0.717) is 0 Å². The Bertz CT molecular complexity index is 276. The first-order valence-corrected chi connectivity index (χ1v) is 3.28. The van der Waals surface area contributed by atoms with Crippen LogP contribution < -0.4 is 0 Å². The molecule has 0 aliphatic carbocycles. The van der Waals surface area contributed by atoms with Crippen molar-refractivity contribution in [3.05, 3.63) is 76.1 Å². The molecule has 0 unspecified atom stereocenters. The topological polar surface area (TPSA) is 99.5 Å². The molecule has 0 fully saturated rings. The van der Waals surface area contributed by atoms with Crippen LogP contribution in [0.5, 0.6) is 0 Å². The molecule has 1 radical (unpaired) electrons. The van der Waals surface area contributed by atoms with Crippen molar-refractivity contribution in [1.29, 1.82) is 0 Å². The number of benzene rings is 1. The molecule has 0 saturated heterocycles. The van der Waals surface area contributed by atoms with Crippen LogP contribution in [0.3, 0.4) is 0 Å². The van der Waals surface area contributed by atoms with Gasteiger partial charge >= 0.3 is 56.5 Å². The molecule has 0 heterocycles. The van der Waals surface area contributed by atoms with Crippen LogP contribution in [0.25, 0.3) is 0 Å². The fourth-order valence-electron chi connectivity index (χ4n) is 0.478. The summed E-state index contributed by atoms with van der Waals surface area (Å²) in [6.07, 6.45) is 0. The van der Waals surface area contributed by atoms with E-state index in [1.54, 1.807) is 0 Å². The van der Waals surface area contributed by atoms with E-state index < -0.39 is 0 Å². The van der Waals surface area contributed by atoms with Crippen LogP contribution in [0.15, 0.2) is 30.3 Å². The summed E-state index contributed by atoms with van der Waals surface area (Å²) in [6.45, 7) is 26.2. The van der Waals surface area contributed by atoms with Crippen LogP contribution in [0.1, 0.15) is 5.56 Å². The van der Waals surface area contributed by atoms with Gasteiger partial charge in [-0.1, -0.05) is 6.07 Å². The van der Waals surface area contributed by atoms with E-state index in [4.69, 9.17) is 23.3 Å². The molecule has 0 spiro atoms. The molecule has 0 aliphatic heterocycles. The summed E-state index contributed by atoms with van der Waals surface area (Å²) in [5.74, 6) is 0. The monoisotopic (exact) mass is 286 g/mol. The van der Waals surface area contributed by atoms with Gasteiger partial charge in [0, 0.05) is 17.1 Å². The largest absolute Gasteiger partial charge is 0.199 e. The first-order valence-electron chi connectivity index (χ1n) is 3.28. The Labute approximate surface area is 117 Å². The van der Waals surface area contributed by atoms with E-state index in [0.717, 1.165) is 5.56 Å². The summed E-state index contributed by atoms with van der Waals surface area (Å²) in [4.78, 5) is 0. The van der Waals surface area contributed by atoms with Crippen LogP contribution in [0.2, 0.25) is 0 Å². The second-order valence-corrected chi connectivity index (χ2v) is 1.49. The van der Waals surface area contributed by atoms with Gasteiger partial charge in [-0.05, 0) is 0 Å². The van der Waals surface area contributed by atoms with Crippen molar-refractivity contribution < 1.29 is 40.3 Å². The van der Waals surface area contributed by atoms with E-state index >= 15 is 0 Å². The zero-order valence-electron chi connectivity index (χ0n) is 9.01. The minimum absolute atomic E-state index is 0. The van der Waals surface area contributed by atoms with Gasteiger partial charge in [0.2, 0.25) is 0 Å². The van der Waals surface area contributed by atoms with Crippen molar-refractivity contribution in [1.82, 2.24) is 0 Å². The molecule has 18 heavy (non-hydrogen) atoms. The van der Waals surface area contributed by atoms with Gasteiger partial charge in [-0.15, -0.1) is 12.1 Å². The van der Waals surface area contributed by atoms with Crippen molar-refractivity contribution in [3.63, 3.8) is 0 Å². The van der Waals surface area contributed by atoms with Gasteiger partial charge in [-0.3, -0.25) is 0 Å². The molecule has 93 valence electrons. The Kier molecular flexibility index (Phi) is 157. The number of hydrogen-bond donors (Lipinski definition) is 0. The molecular weight excluding hydrogens is 279 g/mol. The summed E-state index contributed by atoms with van der Waals surface area (Å²) >= 11 is 0. The van der Waals surface area contributed by atoms with E-state index in [9.17, 15) is 0 Å². The first kappa shape index (κ1) is 36.0. The third-order valence-electron chi connectivity index (χ3n) is 0.843. The molecule has 0 atom stereocenters. The maximum Gasteiger partial charge on any atom is 0 e. The van der Waals surface area contributed by atoms with Crippen molar-refractivity contribution >= 4 is 0 Å². The van der Waals surface area contributed by atoms with E-state index in [-0.39, 0.29) is 17.1 Å². The normalized spacial score (nSPS) is 3.89. The third kappa shape index (κ3) is 63.7. The van der Waals surface area contributed by atoms with Crippen molar-refractivity contribution in [2.45, 2.75) is 0 Å². The fraction of sp³-hybridized carbons (Fsp3) is 0. The van der Waals surface area contributed by atoms with Gasteiger partial charge in [0.05, 0.1) is 0 Å². The minimum Gasteiger partial charge on any atom is -0.199 e. The first-order chi connectivity index (χ1) is 8.39. The molecule has 0 N–H and O–H groups in total. The second-order valence-electron chi connectivity index (χ2n) is 1.49. The Morgan fingerprint density at radius 3 is 0.944 bits per heavy atom. The summed E-state index contributed by atoms with van der Waals surface area (Å²) in [7, 11) is 0. The smallest absolute Gasteiger partial charge is 0 e. The molecule has 1 rings (SSSR count). The standard InChI is InChI=1S/C7H7.5CO.Mn/c1-7-5-3-2-4-6-7;5*1-2;/h2-6H,1H2;;;;;;/q-1;;;;;;. The van der Waals surface area contributed by atoms with Gasteiger partial charge in [0.15, 0.2) is 0 Å². The zero-order chi connectivity index (χ0) is 15.1. The van der Waals surface area contributed by atoms with Crippen LogP contribution in [0.4, 0.5) is 0 Å². The molecule has 6 heteroatoms. The molecule has 0 bridgehead atoms. The Morgan fingerprint density at radius 2 is 0.833 bits per heavy atom. The Morgan fingerprint density at radius 1 is 0.611 bits per heavy atom. The Hall–Kier alpha value is -1.69. The average molecular weight is 286 g/mol. The van der Waals surface area contributed by atoms with Gasteiger partial charge in [-0.2, -0.15) is 24.6 Å². The second kappa shape index (κ2) is 78.7. The average Bonchev–Trinajstić information content (AvgIpc) is 2.50.